The highest BCUT2D eigenvalue weighted by atomic mass is 79.9. The van der Waals surface area contributed by atoms with E-state index >= 15 is 0 Å². The molecule has 2 aliphatic rings. The number of hydrogen-bond acceptors (Lipinski definition) is 4. The second-order valence-corrected chi connectivity index (χ2v) is 8.19. The van der Waals surface area contributed by atoms with E-state index < -0.39 is 0 Å². The summed E-state index contributed by atoms with van der Waals surface area (Å²) in [5, 5.41) is 5.65. The van der Waals surface area contributed by atoms with Crippen molar-refractivity contribution in [3.63, 3.8) is 0 Å². The molecule has 3 unspecified atom stereocenters. The third-order valence-corrected chi connectivity index (χ3v) is 6.70. The summed E-state index contributed by atoms with van der Waals surface area (Å²) in [6, 6.07) is 2.16. The summed E-state index contributed by atoms with van der Waals surface area (Å²) in [4.78, 5) is 1.34. The first-order valence-corrected chi connectivity index (χ1v) is 8.46. The molecular formula is C14H21BrN2OS. The van der Waals surface area contributed by atoms with Gasteiger partial charge in [-0.05, 0) is 28.4 Å². The molecule has 2 fully saturated rings. The third kappa shape index (κ3) is 2.10. The molecule has 1 saturated carbocycles. The van der Waals surface area contributed by atoms with Crippen LogP contribution in [0.4, 0.5) is 0 Å². The van der Waals surface area contributed by atoms with Gasteiger partial charge in [0.25, 0.3) is 0 Å². The molecule has 3 rings (SSSR count). The van der Waals surface area contributed by atoms with Crippen molar-refractivity contribution in [2.45, 2.75) is 38.5 Å². The second-order valence-electron chi connectivity index (χ2n) is 6.28. The molecule has 0 spiro atoms. The highest BCUT2D eigenvalue weighted by Crippen LogP contribution is 2.57. The molecule has 3 atom stereocenters. The average molecular weight is 345 g/mol. The molecule has 1 aromatic rings. The van der Waals surface area contributed by atoms with Crippen molar-refractivity contribution >= 4 is 27.3 Å². The number of thiophene rings is 1. The Morgan fingerprint density at radius 1 is 1.58 bits per heavy atom. The predicted molar refractivity (Wildman–Crippen MR) is 82.3 cm³/mol. The number of fused-ring (bicyclic) bond motifs is 1. The summed E-state index contributed by atoms with van der Waals surface area (Å²) in [6.45, 7) is 7.10. The van der Waals surface area contributed by atoms with Gasteiger partial charge in [-0.3, -0.25) is 0 Å². The molecule has 0 radical (unpaired) electrons. The minimum Gasteiger partial charge on any atom is -0.377 e. The predicted octanol–water partition coefficient (Wildman–Crippen LogP) is 2.74. The molecular weight excluding hydrogens is 324 g/mol. The smallest absolute Gasteiger partial charge is 0.0691 e. The van der Waals surface area contributed by atoms with Crippen LogP contribution in [0.5, 0.6) is 0 Å². The fraction of sp³-hybridized carbons (Fsp3) is 0.714. The number of ether oxygens (including phenoxy) is 1. The first-order chi connectivity index (χ1) is 8.95. The van der Waals surface area contributed by atoms with Crippen LogP contribution >= 0.6 is 27.3 Å². The normalized spacial score (nSPS) is 36.0. The summed E-state index contributed by atoms with van der Waals surface area (Å²) >= 11 is 5.25. The van der Waals surface area contributed by atoms with E-state index in [1.807, 2.05) is 0 Å². The Labute approximate surface area is 127 Å². The Kier molecular flexibility index (Phi) is 3.55. The summed E-state index contributed by atoms with van der Waals surface area (Å²) in [5.41, 5.74) is 6.62. The lowest BCUT2D eigenvalue weighted by Gasteiger charge is -2.62. The molecule has 5 heteroatoms. The zero-order valence-corrected chi connectivity index (χ0v) is 13.8. The molecule has 1 aliphatic heterocycles. The Hall–Kier alpha value is 0.0600. The van der Waals surface area contributed by atoms with Crippen LogP contribution in [0.1, 0.15) is 25.1 Å². The van der Waals surface area contributed by atoms with E-state index in [2.05, 4.69) is 46.5 Å². The number of nitrogens with one attached hydrogen (secondary N) is 1. The number of nitrogens with two attached hydrogens (primary N) is 1. The van der Waals surface area contributed by atoms with Gasteiger partial charge in [-0.15, -0.1) is 11.3 Å². The zero-order chi connectivity index (χ0) is 13.7. The summed E-state index contributed by atoms with van der Waals surface area (Å²) < 4.78 is 6.98. The lowest BCUT2D eigenvalue weighted by Crippen LogP contribution is -2.77. The Bertz CT molecular complexity index is 476. The van der Waals surface area contributed by atoms with Gasteiger partial charge in [-0.2, -0.15) is 0 Å². The van der Waals surface area contributed by atoms with E-state index in [1.54, 1.807) is 11.3 Å². The quantitative estimate of drug-likeness (QED) is 0.882. The lowest BCUT2D eigenvalue weighted by atomic mass is 9.48. The molecule has 19 heavy (non-hydrogen) atoms. The van der Waals surface area contributed by atoms with Gasteiger partial charge in [-0.1, -0.05) is 13.8 Å². The van der Waals surface area contributed by atoms with Crippen molar-refractivity contribution in [2.24, 2.45) is 17.1 Å². The molecule has 3 nitrogen and oxygen atoms in total. The molecule has 0 amide bonds. The van der Waals surface area contributed by atoms with Gasteiger partial charge in [0.15, 0.2) is 0 Å². The van der Waals surface area contributed by atoms with Gasteiger partial charge in [0.1, 0.15) is 0 Å². The van der Waals surface area contributed by atoms with E-state index in [9.17, 15) is 0 Å². The van der Waals surface area contributed by atoms with Gasteiger partial charge >= 0.3 is 0 Å². The lowest BCUT2D eigenvalue weighted by molar-refractivity contribution is -0.153. The first kappa shape index (κ1) is 14.0. The van der Waals surface area contributed by atoms with Crippen molar-refractivity contribution < 1.29 is 4.74 Å². The minimum absolute atomic E-state index is 0.0667. The van der Waals surface area contributed by atoms with Crippen LogP contribution in [0.2, 0.25) is 0 Å². The van der Waals surface area contributed by atoms with E-state index in [0.29, 0.717) is 12.0 Å². The van der Waals surface area contributed by atoms with Crippen LogP contribution in [-0.2, 0) is 11.3 Å². The van der Waals surface area contributed by atoms with Crippen molar-refractivity contribution in [1.82, 2.24) is 5.32 Å². The van der Waals surface area contributed by atoms with E-state index in [1.165, 1.54) is 4.88 Å². The topological polar surface area (TPSA) is 47.3 Å². The second kappa shape index (κ2) is 4.81. The fourth-order valence-electron chi connectivity index (χ4n) is 3.67. The SMILES string of the molecule is CC1(C)C2OCCC2C1(N)CNCc1cc(Br)cs1. The molecule has 3 N–H and O–H groups in total. The average Bonchev–Trinajstić information content (AvgIpc) is 2.97. The van der Waals surface area contributed by atoms with Crippen LogP contribution < -0.4 is 11.1 Å². The summed E-state index contributed by atoms with van der Waals surface area (Å²) in [7, 11) is 0. The van der Waals surface area contributed by atoms with Crippen molar-refractivity contribution in [2.75, 3.05) is 13.2 Å². The Morgan fingerprint density at radius 3 is 3.05 bits per heavy atom. The van der Waals surface area contributed by atoms with Crippen molar-refractivity contribution in [3.8, 4) is 0 Å². The molecule has 106 valence electrons. The van der Waals surface area contributed by atoms with Gasteiger partial charge in [0, 0.05) is 51.3 Å². The van der Waals surface area contributed by atoms with Crippen LogP contribution in [0.3, 0.4) is 0 Å². The highest BCUT2D eigenvalue weighted by Gasteiger charge is 2.67. The molecule has 1 saturated heterocycles. The van der Waals surface area contributed by atoms with E-state index in [4.69, 9.17) is 10.5 Å². The van der Waals surface area contributed by atoms with Crippen molar-refractivity contribution in [3.05, 3.63) is 20.8 Å². The highest BCUT2D eigenvalue weighted by molar-refractivity contribution is 9.10. The van der Waals surface area contributed by atoms with E-state index in [-0.39, 0.29) is 11.0 Å². The fourth-order valence-corrected chi connectivity index (χ4v) is 5.09. The molecule has 2 heterocycles. The maximum Gasteiger partial charge on any atom is 0.0691 e. The standard InChI is InChI=1S/C14H21BrN2OS/c1-13(2)12-11(3-4-18-12)14(13,16)8-17-6-10-5-9(15)7-19-10/h5,7,11-12,17H,3-4,6,8,16H2,1-2H3. The van der Waals surface area contributed by atoms with Crippen LogP contribution in [0.15, 0.2) is 15.9 Å². The maximum absolute atomic E-state index is 6.69. The summed E-state index contributed by atoms with van der Waals surface area (Å²) in [6.07, 6.45) is 1.46. The van der Waals surface area contributed by atoms with E-state index in [0.717, 1.165) is 30.6 Å². The number of halogens is 1. The third-order valence-electron chi connectivity index (χ3n) is 5.00. The molecule has 1 aliphatic carbocycles. The number of hydrogen-bond donors (Lipinski definition) is 2. The van der Waals surface area contributed by atoms with Gasteiger partial charge < -0.3 is 15.8 Å². The first-order valence-electron chi connectivity index (χ1n) is 6.79. The maximum atomic E-state index is 6.69. The molecule has 0 bridgehead atoms. The molecule has 1 aromatic heterocycles. The van der Waals surface area contributed by atoms with Crippen LogP contribution in [0.25, 0.3) is 0 Å². The van der Waals surface area contributed by atoms with Crippen molar-refractivity contribution in [1.29, 1.82) is 0 Å². The van der Waals surface area contributed by atoms with Crippen LogP contribution in [-0.4, -0.2) is 24.8 Å². The van der Waals surface area contributed by atoms with Gasteiger partial charge in [0.05, 0.1) is 6.10 Å². The summed E-state index contributed by atoms with van der Waals surface area (Å²) in [5.74, 6) is 0.519. The van der Waals surface area contributed by atoms with Gasteiger partial charge in [0.2, 0.25) is 0 Å². The zero-order valence-electron chi connectivity index (χ0n) is 11.4. The largest absolute Gasteiger partial charge is 0.377 e. The van der Waals surface area contributed by atoms with Gasteiger partial charge in [-0.25, -0.2) is 0 Å². The number of rotatable bonds is 4. The monoisotopic (exact) mass is 344 g/mol. The molecule has 0 aromatic carbocycles. The van der Waals surface area contributed by atoms with Crippen LogP contribution in [0, 0.1) is 11.3 Å². The minimum atomic E-state index is -0.136. The Morgan fingerprint density at radius 2 is 2.37 bits per heavy atom. The Balaban J connectivity index is 1.60.